The number of benzene rings is 1. The highest BCUT2D eigenvalue weighted by Crippen LogP contribution is 2.20. The molecule has 0 radical (unpaired) electrons. The lowest BCUT2D eigenvalue weighted by atomic mass is 10.1. The second-order valence-corrected chi connectivity index (χ2v) is 5.28. The number of nitrogens with zero attached hydrogens (tertiary/aromatic N) is 3. The van der Waals surface area contributed by atoms with Crippen molar-refractivity contribution in [2.24, 2.45) is 0 Å². The van der Waals surface area contributed by atoms with Crippen molar-refractivity contribution in [1.82, 2.24) is 24.9 Å². The van der Waals surface area contributed by atoms with Gasteiger partial charge < -0.3 is 5.32 Å². The molecule has 1 unspecified atom stereocenters. The lowest BCUT2D eigenvalue weighted by Gasteiger charge is -2.06. The molecule has 2 aromatic heterocycles. The van der Waals surface area contributed by atoms with Crippen molar-refractivity contribution in [2.75, 3.05) is 13.1 Å². The van der Waals surface area contributed by atoms with Crippen LogP contribution in [-0.4, -0.2) is 32.7 Å². The summed E-state index contributed by atoms with van der Waals surface area (Å²) in [4.78, 5) is 21.2. The maximum absolute atomic E-state index is 12.2. The Morgan fingerprint density at radius 2 is 2.05 bits per heavy atom. The van der Waals surface area contributed by atoms with Crippen LogP contribution in [0.25, 0.3) is 17.2 Å². The molecule has 1 atom stereocenters. The van der Waals surface area contributed by atoms with E-state index in [-0.39, 0.29) is 5.56 Å². The van der Waals surface area contributed by atoms with E-state index in [1.807, 2.05) is 30.3 Å². The summed E-state index contributed by atoms with van der Waals surface area (Å²) >= 11 is 0. The number of aromatic nitrogens is 4. The number of hydrogen-bond acceptors (Lipinski definition) is 4. The highest BCUT2D eigenvalue weighted by Gasteiger charge is 2.20. The Morgan fingerprint density at radius 1 is 1.19 bits per heavy atom. The Labute approximate surface area is 120 Å². The summed E-state index contributed by atoms with van der Waals surface area (Å²) < 4.78 is 1.40. The van der Waals surface area contributed by atoms with Gasteiger partial charge in [-0.3, -0.25) is 9.89 Å². The zero-order valence-corrected chi connectivity index (χ0v) is 11.4. The van der Waals surface area contributed by atoms with Crippen molar-refractivity contribution in [3.8, 4) is 11.4 Å². The molecule has 6 nitrogen and oxygen atoms in total. The van der Waals surface area contributed by atoms with Gasteiger partial charge in [0, 0.05) is 24.1 Å². The molecule has 1 fully saturated rings. The summed E-state index contributed by atoms with van der Waals surface area (Å²) in [6.07, 6.45) is 1.01. The fourth-order valence-corrected chi connectivity index (χ4v) is 2.74. The quantitative estimate of drug-likeness (QED) is 0.739. The van der Waals surface area contributed by atoms with Crippen molar-refractivity contribution in [3.05, 3.63) is 52.4 Å². The van der Waals surface area contributed by atoms with Crippen LogP contribution in [-0.2, 0) is 0 Å². The van der Waals surface area contributed by atoms with Crippen molar-refractivity contribution >= 4 is 5.78 Å². The molecule has 0 aliphatic carbocycles. The molecule has 1 aromatic carbocycles. The fourth-order valence-electron chi connectivity index (χ4n) is 2.74. The first-order valence-electron chi connectivity index (χ1n) is 7.07. The molecular formula is C15H15N5O. The summed E-state index contributed by atoms with van der Waals surface area (Å²) in [5, 5.41) is 6.31. The largest absolute Gasteiger partial charge is 0.316 e. The average molecular weight is 281 g/mol. The minimum Gasteiger partial charge on any atom is -0.316 e. The summed E-state index contributed by atoms with van der Waals surface area (Å²) in [5.74, 6) is 1.39. The van der Waals surface area contributed by atoms with Gasteiger partial charge in [0.1, 0.15) is 0 Å². The lowest BCUT2D eigenvalue weighted by molar-refractivity contribution is 0.724. The van der Waals surface area contributed by atoms with Crippen LogP contribution >= 0.6 is 0 Å². The zero-order valence-electron chi connectivity index (χ0n) is 11.4. The van der Waals surface area contributed by atoms with E-state index in [0.29, 0.717) is 17.5 Å². The molecule has 3 heterocycles. The monoisotopic (exact) mass is 281 g/mol. The van der Waals surface area contributed by atoms with Crippen LogP contribution < -0.4 is 10.9 Å². The van der Waals surface area contributed by atoms with E-state index in [4.69, 9.17) is 0 Å². The Balaban J connectivity index is 1.84. The highest BCUT2D eigenvalue weighted by molar-refractivity contribution is 5.56. The maximum atomic E-state index is 12.2. The predicted molar refractivity (Wildman–Crippen MR) is 79.3 cm³/mol. The Hall–Kier alpha value is -2.47. The number of H-pyrrole nitrogens is 1. The third-order valence-electron chi connectivity index (χ3n) is 3.88. The van der Waals surface area contributed by atoms with Crippen LogP contribution in [0.4, 0.5) is 0 Å². The summed E-state index contributed by atoms with van der Waals surface area (Å²) in [7, 11) is 0. The average Bonchev–Trinajstić information content (AvgIpc) is 3.17. The van der Waals surface area contributed by atoms with Gasteiger partial charge in [-0.15, -0.1) is 0 Å². The number of fused-ring (bicyclic) bond motifs is 1. The molecule has 3 aromatic rings. The normalized spacial score (nSPS) is 18.4. The highest BCUT2D eigenvalue weighted by atomic mass is 16.1. The van der Waals surface area contributed by atoms with Crippen molar-refractivity contribution in [2.45, 2.75) is 12.3 Å². The van der Waals surface area contributed by atoms with Crippen LogP contribution in [0.5, 0.6) is 0 Å². The summed E-state index contributed by atoms with van der Waals surface area (Å²) in [6, 6.07) is 11.3. The lowest BCUT2D eigenvalue weighted by Crippen LogP contribution is -2.18. The maximum Gasteiger partial charge on any atom is 0.274 e. The number of rotatable bonds is 2. The topological polar surface area (TPSA) is 75.1 Å². The van der Waals surface area contributed by atoms with Crippen molar-refractivity contribution in [1.29, 1.82) is 0 Å². The molecule has 1 aliphatic rings. The second-order valence-electron chi connectivity index (χ2n) is 5.28. The van der Waals surface area contributed by atoms with Gasteiger partial charge >= 0.3 is 0 Å². The first kappa shape index (κ1) is 12.3. The van der Waals surface area contributed by atoms with Gasteiger partial charge in [0.2, 0.25) is 0 Å². The molecule has 21 heavy (non-hydrogen) atoms. The van der Waals surface area contributed by atoms with Crippen molar-refractivity contribution < 1.29 is 0 Å². The van der Waals surface area contributed by atoms with Gasteiger partial charge in [-0.2, -0.15) is 9.50 Å². The van der Waals surface area contributed by atoms with Gasteiger partial charge in [-0.05, 0) is 13.0 Å². The van der Waals surface area contributed by atoms with Crippen LogP contribution in [0.2, 0.25) is 0 Å². The molecule has 0 bridgehead atoms. The molecular weight excluding hydrogens is 266 g/mol. The molecule has 0 amide bonds. The molecule has 1 aliphatic heterocycles. The minimum atomic E-state index is -0.114. The van der Waals surface area contributed by atoms with Crippen LogP contribution in [0, 0.1) is 0 Å². The van der Waals surface area contributed by atoms with E-state index < -0.39 is 0 Å². The van der Waals surface area contributed by atoms with Gasteiger partial charge in [0.15, 0.2) is 5.82 Å². The standard InChI is InChI=1S/C15H15N5O/c21-13-8-12(11-6-7-16-9-11)17-15-18-14(19-20(13)15)10-4-2-1-3-5-10/h1-5,8,11,16H,6-7,9H2,(H,17,18,19). The Bertz CT molecular complexity index is 830. The molecule has 106 valence electrons. The van der Waals surface area contributed by atoms with E-state index in [0.717, 1.165) is 30.8 Å². The number of nitrogens with one attached hydrogen (secondary N) is 2. The number of hydrogen-bond donors (Lipinski definition) is 2. The Kier molecular flexibility index (Phi) is 2.82. The zero-order chi connectivity index (χ0) is 14.2. The molecule has 1 saturated heterocycles. The van der Waals surface area contributed by atoms with E-state index in [9.17, 15) is 4.79 Å². The van der Waals surface area contributed by atoms with Gasteiger partial charge in [0.05, 0.1) is 5.69 Å². The van der Waals surface area contributed by atoms with Gasteiger partial charge in [0.25, 0.3) is 11.3 Å². The van der Waals surface area contributed by atoms with E-state index in [1.54, 1.807) is 6.07 Å². The minimum absolute atomic E-state index is 0.114. The van der Waals surface area contributed by atoms with Crippen molar-refractivity contribution in [3.63, 3.8) is 0 Å². The van der Waals surface area contributed by atoms with Crippen LogP contribution in [0.15, 0.2) is 41.2 Å². The van der Waals surface area contributed by atoms with Crippen LogP contribution in [0.1, 0.15) is 18.0 Å². The third kappa shape index (κ3) is 2.13. The predicted octanol–water partition coefficient (Wildman–Crippen LogP) is 1.16. The molecule has 6 heteroatoms. The first-order valence-corrected chi connectivity index (χ1v) is 7.07. The molecule has 2 N–H and O–H groups in total. The third-order valence-corrected chi connectivity index (χ3v) is 3.88. The smallest absolute Gasteiger partial charge is 0.274 e. The molecule has 0 saturated carbocycles. The van der Waals surface area contributed by atoms with Crippen LogP contribution in [0.3, 0.4) is 0 Å². The van der Waals surface area contributed by atoms with Gasteiger partial charge in [-0.25, -0.2) is 4.98 Å². The summed E-state index contributed by atoms with van der Waals surface area (Å²) in [5.41, 5.74) is 1.65. The first-order chi connectivity index (χ1) is 10.3. The SMILES string of the molecule is O=c1cc(C2CCNC2)nc2nc(-c3ccccc3)[nH]n12. The van der Waals surface area contributed by atoms with E-state index >= 15 is 0 Å². The summed E-state index contributed by atoms with van der Waals surface area (Å²) in [6.45, 7) is 1.85. The molecule has 0 spiro atoms. The van der Waals surface area contributed by atoms with E-state index in [2.05, 4.69) is 20.4 Å². The van der Waals surface area contributed by atoms with E-state index in [1.165, 1.54) is 4.52 Å². The van der Waals surface area contributed by atoms with Gasteiger partial charge in [-0.1, -0.05) is 30.3 Å². The molecule has 4 rings (SSSR count). The second kappa shape index (κ2) is 4.82. The number of aromatic amines is 1. The fraction of sp³-hybridized carbons (Fsp3) is 0.267. The Morgan fingerprint density at radius 3 is 2.81 bits per heavy atom.